The summed E-state index contributed by atoms with van der Waals surface area (Å²) in [7, 11) is 1.37. The third kappa shape index (κ3) is 4.59. The van der Waals surface area contributed by atoms with Crippen molar-refractivity contribution < 1.29 is 9.53 Å². The molecule has 0 fully saturated rings. The Morgan fingerprint density at radius 1 is 1.19 bits per heavy atom. The number of halogens is 1. The Morgan fingerprint density at radius 3 is 2.52 bits per heavy atom. The van der Waals surface area contributed by atoms with Gasteiger partial charge in [0.05, 0.1) is 12.7 Å². The molecule has 0 atom stereocenters. The molecular formula is C20H18ClN3O2S. The first-order chi connectivity index (χ1) is 13.1. The van der Waals surface area contributed by atoms with E-state index in [1.165, 1.54) is 7.11 Å². The van der Waals surface area contributed by atoms with Crippen LogP contribution in [0.5, 0.6) is 0 Å². The minimum absolute atomic E-state index is 0.340. The summed E-state index contributed by atoms with van der Waals surface area (Å²) in [4.78, 5) is 11.5. The molecule has 0 unspecified atom stereocenters. The summed E-state index contributed by atoms with van der Waals surface area (Å²) in [6, 6.07) is 14.8. The molecule has 0 aliphatic rings. The lowest BCUT2D eigenvalue weighted by Gasteiger charge is -2.08. The van der Waals surface area contributed by atoms with E-state index >= 15 is 0 Å². The third-order valence-electron chi connectivity index (χ3n) is 3.87. The van der Waals surface area contributed by atoms with Gasteiger partial charge in [-0.2, -0.15) is 0 Å². The summed E-state index contributed by atoms with van der Waals surface area (Å²) < 4.78 is 6.73. The molecule has 27 heavy (non-hydrogen) atoms. The minimum Gasteiger partial charge on any atom is -0.465 e. The lowest BCUT2D eigenvalue weighted by Crippen LogP contribution is -2.01. The van der Waals surface area contributed by atoms with E-state index in [1.54, 1.807) is 23.9 Å². The van der Waals surface area contributed by atoms with Gasteiger partial charge >= 0.3 is 5.97 Å². The fourth-order valence-electron chi connectivity index (χ4n) is 2.50. The van der Waals surface area contributed by atoms with Gasteiger partial charge in [-0.25, -0.2) is 4.79 Å². The van der Waals surface area contributed by atoms with E-state index in [1.807, 2.05) is 47.0 Å². The molecule has 1 heterocycles. The molecule has 0 amide bonds. The third-order valence-corrected chi connectivity index (χ3v) is 5.16. The van der Waals surface area contributed by atoms with E-state index in [9.17, 15) is 4.79 Å². The maximum atomic E-state index is 11.5. The number of esters is 1. The Hall–Kier alpha value is -2.57. The average molecular weight is 400 g/mol. The number of carbonyl (C=O) groups excluding carboxylic acids is 1. The zero-order chi connectivity index (χ0) is 19.2. The fourth-order valence-corrected chi connectivity index (χ4v) is 3.53. The predicted octanol–water partition coefficient (Wildman–Crippen LogP) is 4.86. The number of aromatic nitrogens is 3. The molecule has 0 aliphatic heterocycles. The van der Waals surface area contributed by atoms with Crippen molar-refractivity contribution in [1.29, 1.82) is 0 Å². The van der Waals surface area contributed by atoms with Gasteiger partial charge in [-0.05, 0) is 42.0 Å². The molecule has 3 aromatic rings. The van der Waals surface area contributed by atoms with Crippen LogP contribution in [0, 0.1) is 0 Å². The first kappa shape index (κ1) is 19.2. The minimum atomic E-state index is -0.340. The first-order valence-electron chi connectivity index (χ1n) is 8.22. The molecule has 0 bridgehead atoms. The number of ether oxygens (including phenoxy) is 1. The van der Waals surface area contributed by atoms with Gasteiger partial charge in [0, 0.05) is 22.9 Å². The van der Waals surface area contributed by atoms with Crippen molar-refractivity contribution in [1.82, 2.24) is 14.8 Å². The lowest BCUT2D eigenvalue weighted by molar-refractivity contribution is 0.0600. The van der Waals surface area contributed by atoms with Crippen molar-refractivity contribution in [2.45, 2.75) is 17.5 Å². The lowest BCUT2D eigenvalue weighted by atomic mass is 10.1. The van der Waals surface area contributed by atoms with Gasteiger partial charge in [-0.3, -0.25) is 4.57 Å². The number of nitrogens with zero attached hydrogens (tertiary/aromatic N) is 3. The van der Waals surface area contributed by atoms with Gasteiger partial charge in [0.1, 0.15) is 0 Å². The molecule has 0 aliphatic carbocycles. The predicted molar refractivity (Wildman–Crippen MR) is 108 cm³/mol. The second-order valence-electron chi connectivity index (χ2n) is 5.69. The smallest absolute Gasteiger partial charge is 0.337 e. The fraction of sp³-hybridized carbons (Fsp3) is 0.150. The van der Waals surface area contributed by atoms with Gasteiger partial charge < -0.3 is 4.74 Å². The second kappa shape index (κ2) is 8.88. The highest BCUT2D eigenvalue weighted by Gasteiger charge is 2.14. The standard InChI is InChI=1S/C20H18ClN3O2S/c1-3-12-24-18(15-8-10-17(21)11-9-15)22-23-20(24)27-13-14-4-6-16(7-5-14)19(25)26-2/h3-11H,1,12-13H2,2H3. The molecule has 0 saturated carbocycles. The van der Waals surface area contributed by atoms with Crippen LogP contribution in [0.4, 0.5) is 0 Å². The maximum Gasteiger partial charge on any atom is 0.337 e. The van der Waals surface area contributed by atoms with Crippen molar-refractivity contribution in [2.75, 3.05) is 7.11 Å². The summed E-state index contributed by atoms with van der Waals surface area (Å²) in [6.45, 7) is 4.43. The number of carbonyl (C=O) groups is 1. The SMILES string of the molecule is C=CCn1c(SCc2ccc(C(=O)OC)cc2)nnc1-c1ccc(Cl)cc1. The molecule has 1 aromatic heterocycles. The number of allylic oxidation sites excluding steroid dienone is 1. The molecule has 0 saturated heterocycles. The molecule has 0 spiro atoms. The van der Waals surface area contributed by atoms with Crippen molar-refractivity contribution in [3.8, 4) is 11.4 Å². The highest BCUT2D eigenvalue weighted by Crippen LogP contribution is 2.27. The Morgan fingerprint density at radius 2 is 1.89 bits per heavy atom. The van der Waals surface area contributed by atoms with E-state index < -0.39 is 0 Å². The van der Waals surface area contributed by atoms with Gasteiger partial charge in [0.25, 0.3) is 0 Å². The van der Waals surface area contributed by atoms with Gasteiger partial charge in [0.15, 0.2) is 11.0 Å². The van der Waals surface area contributed by atoms with Crippen molar-refractivity contribution in [2.24, 2.45) is 0 Å². The van der Waals surface area contributed by atoms with Crippen LogP contribution in [0.3, 0.4) is 0 Å². The zero-order valence-electron chi connectivity index (χ0n) is 14.8. The molecule has 0 radical (unpaired) electrons. The average Bonchev–Trinajstić information content (AvgIpc) is 3.09. The molecular weight excluding hydrogens is 382 g/mol. The monoisotopic (exact) mass is 399 g/mol. The van der Waals surface area contributed by atoms with Crippen LogP contribution in [0.2, 0.25) is 5.02 Å². The summed E-state index contributed by atoms with van der Waals surface area (Å²) in [5, 5.41) is 10.1. The Kier molecular flexibility index (Phi) is 6.32. The van der Waals surface area contributed by atoms with Crippen LogP contribution < -0.4 is 0 Å². The Bertz CT molecular complexity index is 937. The van der Waals surface area contributed by atoms with Crippen molar-refractivity contribution in [3.05, 3.63) is 77.3 Å². The summed E-state index contributed by atoms with van der Waals surface area (Å²) in [5.74, 6) is 1.14. The molecule has 138 valence electrons. The topological polar surface area (TPSA) is 57.0 Å². The normalized spacial score (nSPS) is 10.6. The Labute approximate surface area is 167 Å². The van der Waals surface area contributed by atoms with Crippen LogP contribution in [0.25, 0.3) is 11.4 Å². The van der Waals surface area contributed by atoms with Gasteiger partial charge in [0.2, 0.25) is 0 Å². The Balaban J connectivity index is 1.77. The second-order valence-corrected chi connectivity index (χ2v) is 7.07. The number of thioether (sulfide) groups is 1. The van der Waals surface area contributed by atoms with Crippen LogP contribution >= 0.6 is 23.4 Å². The zero-order valence-corrected chi connectivity index (χ0v) is 16.3. The largest absolute Gasteiger partial charge is 0.465 e. The first-order valence-corrected chi connectivity index (χ1v) is 9.59. The van der Waals surface area contributed by atoms with E-state index in [2.05, 4.69) is 16.8 Å². The van der Waals surface area contributed by atoms with Crippen LogP contribution in [0.15, 0.2) is 66.3 Å². The van der Waals surface area contributed by atoms with Gasteiger partial charge in [-0.15, -0.1) is 16.8 Å². The van der Waals surface area contributed by atoms with E-state index in [0.29, 0.717) is 22.9 Å². The van der Waals surface area contributed by atoms with Gasteiger partial charge in [-0.1, -0.05) is 41.6 Å². The van der Waals surface area contributed by atoms with Crippen molar-refractivity contribution in [3.63, 3.8) is 0 Å². The van der Waals surface area contributed by atoms with E-state index in [0.717, 1.165) is 22.1 Å². The quantitative estimate of drug-likeness (QED) is 0.322. The van der Waals surface area contributed by atoms with E-state index in [-0.39, 0.29) is 5.97 Å². The number of hydrogen-bond acceptors (Lipinski definition) is 5. The summed E-state index contributed by atoms with van der Waals surface area (Å²) >= 11 is 7.55. The molecule has 3 rings (SSSR count). The summed E-state index contributed by atoms with van der Waals surface area (Å²) in [6.07, 6.45) is 1.82. The van der Waals surface area contributed by atoms with E-state index in [4.69, 9.17) is 16.3 Å². The number of methoxy groups -OCH3 is 1. The highest BCUT2D eigenvalue weighted by molar-refractivity contribution is 7.98. The number of benzene rings is 2. The highest BCUT2D eigenvalue weighted by atomic mass is 35.5. The maximum absolute atomic E-state index is 11.5. The van der Waals surface area contributed by atoms with Crippen LogP contribution in [0.1, 0.15) is 15.9 Å². The molecule has 5 nitrogen and oxygen atoms in total. The molecule has 7 heteroatoms. The van der Waals surface area contributed by atoms with Crippen LogP contribution in [-0.4, -0.2) is 27.8 Å². The van der Waals surface area contributed by atoms with Crippen LogP contribution in [-0.2, 0) is 17.0 Å². The van der Waals surface area contributed by atoms with Crippen molar-refractivity contribution >= 4 is 29.3 Å². The number of rotatable bonds is 7. The number of hydrogen-bond donors (Lipinski definition) is 0. The molecule has 0 N–H and O–H groups in total. The molecule has 2 aromatic carbocycles. The summed E-state index contributed by atoms with van der Waals surface area (Å²) in [5.41, 5.74) is 2.56.